The van der Waals surface area contributed by atoms with Gasteiger partial charge in [0.1, 0.15) is 11.5 Å². The Morgan fingerprint density at radius 3 is 2.57 bits per heavy atom. The molecule has 2 aromatic carbocycles. The summed E-state index contributed by atoms with van der Waals surface area (Å²) in [5.74, 6) is 0.657. The molecule has 0 spiro atoms. The molecule has 2 rings (SSSR count). The number of carbonyl (C=O) groups is 1. The van der Waals surface area contributed by atoms with Gasteiger partial charge in [0, 0.05) is 11.8 Å². The van der Waals surface area contributed by atoms with E-state index in [1.165, 1.54) is 14.2 Å². The molecule has 110 valence electrons. The first kappa shape index (κ1) is 15.0. The third-order valence-electron chi connectivity index (χ3n) is 2.89. The summed E-state index contributed by atoms with van der Waals surface area (Å²) >= 11 is 6.06. The molecule has 0 aromatic heterocycles. The fourth-order valence-electron chi connectivity index (χ4n) is 1.82. The number of rotatable bonds is 4. The van der Waals surface area contributed by atoms with E-state index in [9.17, 15) is 4.79 Å². The second kappa shape index (κ2) is 6.37. The molecule has 0 aliphatic rings. The van der Waals surface area contributed by atoms with Gasteiger partial charge in [-0.2, -0.15) is 0 Å². The van der Waals surface area contributed by atoms with Gasteiger partial charge in [-0.1, -0.05) is 11.6 Å². The highest BCUT2D eigenvalue weighted by atomic mass is 35.5. The highest BCUT2D eigenvalue weighted by molar-refractivity contribution is 6.34. The molecule has 0 atom stereocenters. The predicted molar refractivity (Wildman–Crippen MR) is 83.4 cm³/mol. The van der Waals surface area contributed by atoms with Crippen LogP contribution in [0.25, 0.3) is 0 Å². The smallest absolute Gasteiger partial charge is 0.259 e. The highest BCUT2D eigenvalue weighted by Gasteiger charge is 2.14. The molecule has 0 aliphatic carbocycles. The maximum atomic E-state index is 12.4. The number of nitrogen functional groups attached to an aromatic ring is 1. The fraction of sp³-hybridized carbons (Fsp3) is 0.133. The van der Waals surface area contributed by atoms with Gasteiger partial charge in [0.15, 0.2) is 0 Å². The maximum absolute atomic E-state index is 12.4. The summed E-state index contributed by atoms with van der Waals surface area (Å²) in [6.07, 6.45) is 0. The number of benzene rings is 2. The average molecular weight is 307 g/mol. The number of anilines is 2. The van der Waals surface area contributed by atoms with Gasteiger partial charge in [-0.15, -0.1) is 0 Å². The van der Waals surface area contributed by atoms with E-state index in [0.29, 0.717) is 33.5 Å². The van der Waals surface area contributed by atoms with Gasteiger partial charge in [0.05, 0.1) is 30.5 Å². The van der Waals surface area contributed by atoms with Gasteiger partial charge < -0.3 is 20.5 Å². The Labute approximate surface area is 127 Å². The minimum absolute atomic E-state index is 0.330. The van der Waals surface area contributed by atoms with Crippen molar-refractivity contribution in [3.8, 4) is 11.5 Å². The van der Waals surface area contributed by atoms with Crippen LogP contribution in [-0.4, -0.2) is 20.1 Å². The minimum atomic E-state index is -0.366. The van der Waals surface area contributed by atoms with Gasteiger partial charge in [-0.3, -0.25) is 4.79 Å². The molecule has 0 radical (unpaired) electrons. The van der Waals surface area contributed by atoms with Crippen molar-refractivity contribution in [3.63, 3.8) is 0 Å². The molecule has 0 saturated carbocycles. The zero-order valence-electron chi connectivity index (χ0n) is 11.6. The van der Waals surface area contributed by atoms with Gasteiger partial charge in [-0.25, -0.2) is 0 Å². The molecular formula is C15H15ClN2O3. The standard InChI is InChI=1S/C15H15ClN2O3/c1-20-10-4-5-12(16)13(8-10)18-15(19)11-7-9(17)3-6-14(11)21-2/h3-8H,17H2,1-2H3,(H,18,19). The van der Waals surface area contributed by atoms with Crippen LogP contribution in [0.5, 0.6) is 11.5 Å². The van der Waals surface area contributed by atoms with Crippen molar-refractivity contribution < 1.29 is 14.3 Å². The molecule has 0 aliphatic heterocycles. The largest absolute Gasteiger partial charge is 0.497 e. The van der Waals surface area contributed by atoms with Crippen LogP contribution in [0.2, 0.25) is 5.02 Å². The van der Waals surface area contributed by atoms with Crippen LogP contribution in [0.4, 0.5) is 11.4 Å². The second-order valence-electron chi connectivity index (χ2n) is 4.26. The summed E-state index contributed by atoms with van der Waals surface area (Å²) in [6, 6.07) is 9.83. The third-order valence-corrected chi connectivity index (χ3v) is 3.22. The van der Waals surface area contributed by atoms with Crippen molar-refractivity contribution >= 4 is 28.9 Å². The quantitative estimate of drug-likeness (QED) is 0.851. The molecule has 21 heavy (non-hydrogen) atoms. The summed E-state index contributed by atoms with van der Waals surface area (Å²) in [4.78, 5) is 12.4. The van der Waals surface area contributed by atoms with Crippen LogP contribution in [-0.2, 0) is 0 Å². The zero-order valence-corrected chi connectivity index (χ0v) is 12.4. The fourth-order valence-corrected chi connectivity index (χ4v) is 1.98. The van der Waals surface area contributed by atoms with Gasteiger partial charge in [0.25, 0.3) is 5.91 Å². The Morgan fingerprint density at radius 2 is 1.90 bits per heavy atom. The van der Waals surface area contributed by atoms with E-state index in [1.54, 1.807) is 36.4 Å². The number of nitrogens with two attached hydrogens (primary N) is 1. The first-order valence-electron chi connectivity index (χ1n) is 6.13. The van der Waals surface area contributed by atoms with Crippen molar-refractivity contribution in [3.05, 3.63) is 47.0 Å². The molecule has 0 saturated heterocycles. The van der Waals surface area contributed by atoms with E-state index >= 15 is 0 Å². The lowest BCUT2D eigenvalue weighted by Gasteiger charge is -2.12. The monoisotopic (exact) mass is 306 g/mol. The number of methoxy groups -OCH3 is 2. The van der Waals surface area contributed by atoms with Crippen molar-refractivity contribution in [1.29, 1.82) is 0 Å². The maximum Gasteiger partial charge on any atom is 0.259 e. The van der Waals surface area contributed by atoms with E-state index < -0.39 is 0 Å². The van der Waals surface area contributed by atoms with Crippen LogP contribution < -0.4 is 20.5 Å². The lowest BCUT2D eigenvalue weighted by Crippen LogP contribution is -2.14. The number of carbonyl (C=O) groups excluding carboxylic acids is 1. The van der Waals surface area contributed by atoms with Crippen LogP contribution in [0, 0.1) is 0 Å². The van der Waals surface area contributed by atoms with Gasteiger partial charge in [-0.05, 0) is 30.3 Å². The van der Waals surface area contributed by atoms with E-state index in [2.05, 4.69) is 5.32 Å². The Balaban J connectivity index is 2.32. The summed E-state index contributed by atoms with van der Waals surface area (Å²) in [5.41, 5.74) is 6.96. The van der Waals surface area contributed by atoms with Crippen LogP contribution in [0.15, 0.2) is 36.4 Å². The lowest BCUT2D eigenvalue weighted by molar-refractivity contribution is 0.102. The van der Waals surface area contributed by atoms with Crippen LogP contribution in [0.1, 0.15) is 10.4 Å². The van der Waals surface area contributed by atoms with Gasteiger partial charge in [0.2, 0.25) is 0 Å². The van der Waals surface area contributed by atoms with E-state index in [4.69, 9.17) is 26.8 Å². The molecule has 0 heterocycles. The minimum Gasteiger partial charge on any atom is -0.497 e. The Morgan fingerprint density at radius 1 is 1.14 bits per heavy atom. The molecule has 0 fully saturated rings. The second-order valence-corrected chi connectivity index (χ2v) is 4.67. The van der Waals surface area contributed by atoms with Crippen molar-refractivity contribution in [2.24, 2.45) is 0 Å². The van der Waals surface area contributed by atoms with Crippen molar-refractivity contribution in [1.82, 2.24) is 0 Å². The van der Waals surface area contributed by atoms with Crippen LogP contribution >= 0.6 is 11.6 Å². The molecule has 0 bridgehead atoms. The van der Waals surface area contributed by atoms with Gasteiger partial charge >= 0.3 is 0 Å². The molecule has 1 amide bonds. The first-order valence-corrected chi connectivity index (χ1v) is 6.51. The Kier molecular flexibility index (Phi) is 4.55. The Bertz CT molecular complexity index is 674. The first-order chi connectivity index (χ1) is 10.0. The normalized spacial score (nSPS) is 10.0. The highest BCUT2D eigenvalue weighted by Crippen LogP contribution is 2.28. The molecule has 2 aromatic rings. The zero-order chi connectivity index (χ0) is 15.4. The Hall–Kier alpha value is -2.40. The van der Waals surface area contributed by atoms with Crippen molar-refractivity contribution in [2.45, 2.75) is 0 Å². The SMILES string of the molecule is COc1ccc(Cl)c(NC(=O)c2cc(N)ccc2OC)c1. The molecule has 6 heteroatoms. The predicted octanol–water partition coefficient (Wildman–Crippen LogP) is 3.19. The van der Waals surface area contributed by atoms with Crippen molar-refractivity contribution in [2.75, 3.05) is 25.3 Å². The van der Waals surface area contributed by atoms with Crippen LogP contribution in [0.3, 0.4) is 0 Å². The lowest BCUT2D eigenvalue weighted by atomic mass is 10.1. The summed E-state index contributed by atoms with van der Waals surface area (Å²) in [6.45, 7) is 0. The summed E-state index contributed by atoms with van der Waals surface area (Å²) in [7, 11) is 3.02. The average Bonchev–Trinajstić information content (AvgIpc) is 2.49. The van der Waals surface area contributed by atoms with E-state index in [1.807, 2.05) is 0 Å². The molecule has 5 nitrogen and oxygen atoms in total. The number of halogens is 1. The number of hydrogen-bond acceptors (Lipinski definition) is 4. The summed E-state index contributed by atoms with van der Waals surface area (Å²) in [5, 5.41) is 3.13. The number of ether oxygens (including phenoxy) is 2. The number of hydrogen-bond donors (Lipinski definition) is 2. The number of amides is 1. The molecule has 3 N–H and O–H groups in total. The topological polar surface area (TPSA) is 73.6 Å². The third kappa shape index (κ3) is 3.38. The number of nitrogens with one attached hydrogen (secondary N) is 1. The summed E-state index contributed by atoms with van der Waals surface area (Å²) < 4.78 is 10.3. The van der Waals surface area contributed by atoms with E-state index in [0.717, 1.165) is 0 Å². The molecular weight excluding hydrogens is 292 g/mol. The molecule has 0 unspecified atom stereocenters. The van der Waals surface area contributed by atoms with E-state index in [-0.39, 0.29) is 5.91 Å².